The number of ether oxygens (including phenoxy) is 4. The van der Waals surface area contributed by atoms with E-state index in [4.69, 9.17) is 37.0 Å². The molecule has 0 aliphatic heterocycles. The summed E-state index contributed by atoms with van der Waals surface area (Å²) in [6, 6.07) is 0. The Labute approximate surface area is 683 Å². The Balaban J connectivity index is 5.22. The van der Waals surface area contributed by atoms with E-state index >= 15 is 0 Å². The van der Waals surface area contributed by atoms with E-state index in [2.05, 4.69) is 27.7 Å². The van der Waals surface area contributed by atoms with E-state index < -0.39 is 97.5 Å². The summed E-state index contributed by atoms with van der Waals surface area (Å²) < 4.78 is 69.1. The Bertz CT molecular complexity index is 2090. The first-order chi connectivity index (χ1) is 54.2. The molecule has 0 spiro atoms. The summed E-state index contributed by atoms with van der Waals surface area (Å²) in [7, 11) is -9.93. The lowest BCUT2D eigenvalue weighted by Crippen LogP contribution is -2.30. The van der Waals surface area contributed by atoms with Crippen molar-refractivity contribution in [3.8, 4) is 0 Å². The first-order valence-electron chi connectivity index (χ1n) is 47.8. The molecule has 0 saturated heterocycles. The lowest BCUT2D eigenvalue weighted by atomic mass is 10.0. The fourth-order valence-electron chi connectivity index (χ4n) is 14.6. The third kappa shape index (κ3) is 85.8. The average molecular weight is 1620 g/mol. The second-order valence-corrected chi connectivity index (χ2v) is 36.0. The summed E-state index contributed by atoms with van der Waals surface area (Å²) in [4.78, 5) is 73.4. The van der Waals surface area contributed by atoms with E-state index in [1.54, 1.807) is 0 Å². The largest absolute Gasteiger partial charge is 0.472 e. The minimum atomic E-state index is -4.97. The molecule has 0 amide bonds. The highest BCUT2D eigenvalue weighted by molar-refractivity contribution is 7.47. The van der Waals surface area contributed by atoms with Crippen LogP contribution < -0.4 is 0 Å². The summed E-state index contributed by atoms with van der Waals surface area (Å²) >= 11 is 0. The Kier molecular flexibility index (Phi) is 84.4. The summed E-state index contributed by atoms with van der Waals surface area (Å²) in [5.41, 5.74) is 0. The summed E-state index contributed by atoms with van der Waals surface area (Å²) in [5, 5.41) is 10.7. The molecule has 111 heavy (non-hydrogen) atoms. The van der Waals surface area contributed by atoms with Gasteiger partial charge in [0, 0.05) is 25.7 Å². The Morgan fingerprint density at radius 1 is 0.216 bits per heavy atom. The van der Waals surface area contributed by atoms with E-state index in [1.165, 1.54) is 340 Å². The van der Waals surface area contributed by atoms with Crippen LogP contribution in [0.1, 0.15) is 509 Å². The highest BCUT2D eigenvalue weighted by Crippen LogP contribution is 2.45. The van der Waals surface area contributed by atoms with Crippen LogP contribution in [0.3, 0.4) is 0 Å². The van der Waals surface area contributed by atoms with E-state index in [1.807, 2.05) is 0 Å². The van der Waals surface area contributed by atoms with Crippen LogP contribution in [0.25, 0.3) is 0 Å². The van der Waals surface area contributed by atoms with E-state index in [0.29, 0.717) is 25.7 Å². The van der Waals surface area contributed by atoms with Crippen molar-refractivity contribution in [2.45, 2.75) is 528 Å². The van der Waals surface area contributed by atoms with Gasteiger partial charge in [-0.1, -0.05) is 458 Å². The van der Waals surface area contributed by atoms with Crippen molar-refractivity contribution in [3.05, 3.63) is 0 Å². The minimum Gasteiger partial charge on any atom is -0.462 e. The first kappa shape index (κ1) is 109. The molecule has 0 aromatic carbocycles. The molecular formula is C92H180O17P2. The monoisotopic (exact) mass is 1620 g/mol. The molecule has 2 unspecified atom stereocenters. The molecule has 0 heterocycles. The number of aliphatic hydroxyl groups excluding tert-OH is 1. The number of rotatable bonds is 93. The Hall–Kier alpha value is -1.94. The number of esters is 4. The van der Waals surface area contributed by atoms with Crippen LogP contribution >= 0.6 is 15.6 Å². The summed E-state index contributed by atoms with van der Waals surface area (Å²) in [5.74, 6) is -2.09. The van der Waals surface area contributed by atoms with Gasteiger partial charge in [-0.2, -0.15) is 0 Å². The van der Waals surface area contributed by atoms with Crippen LogP contribution in [0.2, 0.25) is 0 Å². The molecule has 0 aliphatic carbocycles. The zero-order valence-corrected chi connectivity index (χ0v) is 74.7. The number of hydrogen-bond acceptors (Lipinski definition) is 15. The van der Waals surface area contributed by atoms with Gasteiger partial charge in [-0.3, -0.25) is 37.3 Å². The average Bonchev–Trinajstić information content (AvgIpc) is 0.899. The molecule has 0 radical (unpaired) electrons. The van der Waals surface area contributed by atoms with Gasteiger partial charge in [-0.25, -0.2) is 9.13 Å². The molecular weight excluding hydrogens is 1440 g/mol. The maximum absolute atomic E-state index is 13.2. The van der Waals surface area contributed by atoms with Crippen LogP contribution in [0.4, 0.5) is 0 Å². The smallest absolute Gasteiger partial charge is 0.462 e. The van der Waals surface area contributed by atoms with Gasteiger partial charge in [-0.05, 0) is 25.7 Å². The number of phosphoric acid groups is 2. The SMILES string of the molecule is CCCCCCCCCCCCCCCCCCCCCCCC(=O)OC[C@H](COP(=O)(O)OC[C@@H](O)COP(=O)(O)OC[C@@H](COC(=O)CCCCCCCCCCCCC)OC(=O)CCCCCCCCCCCCCCCCCCCC)OC(=O)CCCCCCCCCCCCCCCCCCCCCCC. The molecule has 0 aromatic heterocycles. The molecule has 0 saturated carbocycles. The number of unbranched alkanes of at least 4 members (excludes halogenated alkanes) is 67. The van der Waals surface area contributed by atoms with Crippen LogP contribution in [-0.4, -0.2) is 96.7 Å². The first-order valence-corrected chi connectivity index (χ1v) is 50.8. The third-order valence-electron chi connectivity index (χ3n) is 21.9. The van der Waals surface area contributed by atoms with Crippen LogP contribution in [0.15, 0.2) is 0 Å². The number of carbonyl (C=O) groups excluding carboxylic acids is 4. The number of phosphoric ester groups is 2. The van der Waals surface area contributed by atoms with Crippen LogP contribution in [0.5, 0.6) is 0 Å². The quantitative estimate of drug-likeness (QED) is 0.0222. The zero-order chi connectivity index (χ0) is 81.0. The molecule has 660 valence electrons. The normalized spacial score (nSPS) is 13.6. The fraction of sp³-hybridized carbons (Fsp3) is 0.957. The maximum Gasteiger partial charge on any atom is 0.472 e. The minimum absolute atomic E-state index is 0.110. The number of carbonyl (C=O) groups is 4. The molecule has 0 fully saturated rings. The Morgan fingerprint density at radius 2 is 0.360 bits per heavy atom. The van der Waals surface area contributed by atoms with Crippen molar-refractivity contribution in [1.82, 2.24) is 0 Å². The highest BCUT2D eigenvalue weighted by atomic mass is 31.2. The second kappa shape index (κ2) is 85.9. The van der Waals surface area contributed by atoms with E-state index in [-0.39, 0.29) is 25.7 Å². The van der Waals surface area contributed by atoms with Crippen molar-refractivity contribution in [1.29, 1.82) is 0 Å². The van der Waals surface area contributed by atoms with Gasteiger partial charge in [0.05, 0.1) is 26.4 Å². The van der Waals surface area contributed by atoms with Gasteiger partial charge >= 0.3 is 39.5 Å². The molecule has 3 N–H and O–H groups in total. The predicted molar refractivity (Wildman–Crippen MR) is 460 cm³/mol. The van der Waals surface area contributed by atoms with Gasteiger partial charge in [0.1, 0.15) is 19.3 Å². The molecule has 0 bridgehead atoms. The van der Waals surface area contributed by atoms with Gasteiger partial charge in [0.2, 0.25) is 0 Å². The topological polar surface area (TPSA) is 237 Å². The Morgan fingerprint density at radius 3 is 0.532 bits per heavy atom. The van der Waals surface area contributed by atoms with Gasteiger partial charge in [-0.15, -0.1) is 0 Å². The van der Waals surface area contributed by atoms with Gasteiger partial charge < -0.3 is 33.8 Å². The number of hydrogen-bond donors (Lipinski definition) is 3. The summed E-state index contributed by atoms with van der Waals surface area (Å²) in [6.45, 7) is 5.09. The maximum atomic E-state index is 13.2. The summed E-state index contributed by atoms with van der Waals surface area (Å²) in [6.07, 6.45) is 83.5. The van der Waals surface area contributed by atoms with Gasteiger partial charge in [0.15, 0.2) is 12.2 Å². The molecule has 5 atom stereocenters. The van der Waals surface area contributed by atoms with Crippen molar-refractivity contribution in [3.63, 3.8) is 0 Å². The molecule has 19 heteroatoms. The molecule has 0 aliphatic rings. The van der Waals surface area contributed by atoms with Crippen LogP contribution in [0, 0.1) is 0 Å². The number of aliphatic hydroxyl groups is 1. The van der Waals surface area contributed by atoms with E-state index in [0.717, 1.165) is 89.9 Å². The molecule has 0 aromatic rings. The van der Waals surface area contributed by atoms with Crippen molar-refractivity contribution >= 4 is 39.5 Å². The van der Waals surface area contributed by atoms with E-state index in [9.17, 15) is 43.2 Å². The standard InChI is InChI=1S/C92H180O17P2/c1-5-9-13-17-21-25-29-32-35-38-41-43-45-48-50-53-57-61-65-69-73-77-90(95)103-83-88(109-92(97)79-75-71-67-63-59-55-52-49-46-44-42-39-36-33-30-26-22-18-14-10-6-2)85-107-111(100,101)105-81-86(93)80-104-110(98,99)106-84-87(82-102-89(94)76-72-68-64-60-56-28-24-20-16-12-8-4)108-91(96)78-74-70-66-62-58-54-51-47-40-37-34-31-27-23-19-15-11-7-3/h86-88,93H,5-85H2,1-4H3,(H,98,99)(H,100,101)/t86-,87+,88+/m0/s1. The molecule has 17 nitrogen and oxygen atoms in total. The van der Waals surface area contributed by atoms with Crippen molar-refractivity contribution in [2.24, 2.45) is 0 Å². The lowest BCUT2D eigenvalue weighted by Gasteiger charge is -2.21. The second-order valence-electron chi connectivity index (χ2n) is 33.1. The highest BCUT2D eigenvalue weighted by Gasteiger charge is 2.31. The predicted octanol–water partition coefficient (Wildman–Crippen LogP) is 28.9. The fourth-order valence-corrected chi connectivity index (χ4v) is 16.2. The lowest BCUT2D eigenvalue weighted by molar-refractivity contribution is -0.161. The zero-order valence-electron chi connectivity index (χ0n) is 73.0. The third-order valence-corrected chi connectivity index (χ3v) is 23.8. The molecule has 0 rings (SSSR count). The van der Waals surface area contributed by atoms with Crippen molar-refractivity contribution in [2.75, 3.05) is 39.6 Å². The van der Waals surface area contributed by atoms with Crippen molar-refractivity contribution < 1.29 is 80.2 Å². The van der Waals surface area contributed by atoms with Crippen LogP contribution in [-0.2, 0) is 65.4 Å². The van der Waals surface area contributed by atoms with Gasteiger partial charge in [0.25, 0.3) is 0 Å².